The summed E-state index contributed by atoms with van der Waals surface area (Å²) in [6, 6.07) is 14.5. The number of halogens is 1. The molecule has 4 rings (SSSR count). The van der Waals surface area contributed by atoms with Crippen LogP contribution in [-0.2, 0) is 13.6 Å². The molecule has 1 aliphatic rings. The van der Waals surface area contributed by atoms with Crippen LogP contribution in [0.25, 0.3) is 11.0 Å². The van der Waals surface area contributed by atoms with Crippen molar-refractivity contribution >= 4 is 27.0 Å². The standard InChI is InChI=1S/C23H24BrN3O/c1-3-15-28-21-10-5-4-7-18(21)17-11-13-27(14-12-17)16-22-25-23-19(24)8-6-9-20(23)26(22)2/h1,4-10,17H,11-16H2,2H3. The number of ether oxygens (including phenoxy) is 1. The molecule has 1 aliphatic heterocycles. The maximum absolute atomic E-state index is 5.76. The van der Waals surface area contributed by atoms with Crippen LogP contribution in [0.1, 0.15) is 30.1 Å². The average Bonchev–Trinajstić information content (AvgIpc) is 3.04. The molecule has 4 nitrogen and oxygen atoms in total. The van der Waals surface area contributed by atoms with Gasteiger partial charge in [0.15, 0.2) is 0 Å². The molecule has 0 atom stereocenters. The fourth-order valence-electron chi connectivity index (χ4n) is 4.04. The summed E-state index contributed by atoms with van der Waals surface area (Å²) in [6.45, 7) is 3.30. The quantitative estimate of drug-likeness (QED) is 0.540. The molecule has 0 spiro atoms. The molecular weight excluding hydrogens is 414 g/mol. The lowest BCUT2D eigenvalue weighted by atomic mass is 9.89. The number of likely N-dealkylation sites (tertiary alicyclic amines) is 1. The van der Waals surface area contributed by atoms with Crippen LogP contribution in [0.3, 0.4) is 0 Å². The van der Waals surface area contributed by atoms with Gasteiger partial charge in [-0.2, -0.15) is 0 Å². The summed E-state index contributed by atoms with van der Waals surface area (Å²) in [5, 5.41) is 0. The van der Waals surface area contributed by atoms with E-state index in [0.717, 1.165) is 54.0 Å². The Morgan fingerprint density at radius 1 is 1.18 bits per heavy atom. The number of fused-ring (bicyclic) bond motifs is 1. The highest BCUT2D eigenvalue weighted by Gasteiger charge is 2.24. The lowest BCUT2D eigenvalue weighted by molar-refractivity contribution is 0.197. The number of aryl methyl sites for hydroxylation is 1. The molecule has 0 unspecified atom stereocenters. The van der Waals surface area contributed by atoms with Gasteiger partial charge in [-0.15, -0.1) is 6.42 Å². The Bertz CT molecular complexity index is 1010. The molecular formula is C23H24BrN3O. The van der Waals surface area contributed by atoms with Crippen molar-refractivity contribution in [2.45, 2.75) is 25.3 Å². The first kappa shape index (κ1) is 19.0. The average molecular weight is 438 g/mol. The van der Waals surface area contributed by atoms with E-state index in [0.29, 0.717) is 12.5 Å². The second-order valence-electron chi connectivity index (χ2n) is 7.28. The summed E-state index contributed by atoms with van der Waals surface area (Å²) in [7, 11) is 2.10. The van der Waals surface area contributed by atoms with Gasteiger partial charge in [0.25, 0.3) is 0 Å². The maximum atomic E-state index is 5.76. The molecule has 5 heteroatoms. The number of nitrogens with zero attached hydrogens (tertiary/aromatic N) is 3. The van der Waals surface area contributed by atoms with E-state index in [1.54, 1.807) is 0 Å². The minimum absolute atomic E-state index is 0.318. The third-order valence-electron chi connectivity index (χ3n) is 5.58. The number of benzene rings is 2. The number of piperidine rings is 1. The lowest BCUT2D eigenvalue weighted by Gasteiger charge is -2.32. The summed E-state index contributed by atoms with van der Waals surface area (Å²) in [5.74, 6) is 5.11. The summed E-state index contributed by atoms with van der Waals surface area (Å²) in [6.07, 6.45) is 7.58. The normalized spacial score (nSPS) is 15.6. The molecule has 2 aromatic carbocycles. The first-order valence-corrected chi connectivity index (χ1v) is 10.4. The van der Waals surface area contributed by atoms with E-state index in [1.165, 1.54) is 11.1 Å². The van der Waals surface area contributed by atoms with Gasteiger partial charge in [-0.25, -0.2) is 4.98 Å². The van der Waals surface area contributed by atoms with Crippen LogP contribution in [0.5, 0.6) is 5.75 Å². The van der Waals surface area contributed by atoms with E-state index in [4.69, 9.17) is 16.1 Å². The number of rotatable bonds is 5. The molecule has 0 aliphatic carbocycles. The zero-order valence-electron chi connectivity index (χ0n) is 16.1. The third-order valence-corrected chi connectivity index (χ3v) is 6.22. The molecule has 0 saturated carbocycles. The third kappa shape index (κ3) is 3.80. The van der Waals surface area contributed by atoms with Crippen molar-refractivity contribution in [2.24, 2.45) is 7.05 Å². The molecule has 0 radical (unpaired) electrons. The minimum atomic E-state index is 0.318. The largest absolute Gasteiger partial charge is 0.481 e. The zero-order valence-corrected chi connectivity index (χ0v) is 17.7. The highest BCUT2D eigenvalue weighted by molar-refractivity contribution is 9.10. The van der Waals surface area contributed by atoms with Gasteiger partial charge in [0.05, 0.1) is 12.1 Å². The van der Waals surface area contributed by atoms with Crippen LogP contribution in [0.2, 0.25) is 0 Å². The lowest BCUT2D eigenvalue weighted by Crippen LogP contribution is -2.33. The molecule has 1 fully saturated rings. The van der Waals surface area contributed by atoms with E-state index >= 15 is 0 Å². The first-order valence-electron chi connectivity index (χ1n) is 9.64. The monoisotopic (exact) mass is 437 g/mol. The Morgan fingerprint density at radius 2 is 1.96 bits per heavy atom. The van der Waals surface area contributed by atoms with E-state index in [1.807, 2.05) is 18.2 Å². The molecule has 1 aromatic heterocycles. The number of aromatic nitrogens is 2. The molecule has 3 aromatic rings. The van der Waals surface area contributed by atoms with Crippen molar-refractivity contribution in [3.05, 3.63) is 58.3 Å². The molecule has 2 heterocycles. The van der Waals surface area contributed by atoms with Gasteiger partial charge < -0.3 is 9.30 Å². The molecule has 1 saturated heterocycles. The van der Waals surface area contributed by atoms with Crippen molar-refractivity contribution in [1.29, 1.82) is 0 Å². The van der Waals surface area contributed by atoms with E-state index in [-0.39, 0.29) is 0 Å². The van der Waals surface area contributed by atoms with Gasteiger partial charge in [0.1, 0.15) is 23.7 Å². The number of hydrogen-bond donors (Lipinski definition) is 0. The molecule has 144 valence electrons. The maximum Gasteiger partial charge on any atom is 0.148 e. The smallest absolute Gasteiger partial charge is 0.148 e. The predicted octanol–water partition coefficient (Wildman–Crippen LogP) is 4.73. The fraction of sp³-hybridized carbons (Fsp3) is 0.348. The van der Waals surface area contributed by atoms with Crippen LogP contribution < -0.4 is 4.74 Å². The van der Waals surface area contributed by atoms with Crippen molar-refractivity contribution in [1.82, 2.24) is 14.5 Å². The Labute approximate surface area is 174 Å². The van der Waals surface area contributed by atoms with Crippen molar-refractivity contribution in [3.8, 4) is 18.1 Å². The summed E-state index contributed by atoms with van der Waals surface area (Å²) >= 11 is 3.61. The highest BCUT2D eigenvalue weighted by atomic mass is 79.9. The Balaban J connectivity index is 1.44. The van der Waals surface area contributed by atoms with Crippen molar-refractivity contribution in [2.75, 3.05) is 19.7 Å². The van der Waals surface area contributed by atoms with Crippen molar-refractivity contribution in [3.63, 3.8) is 0 Å². The Kier molecular flexibility index (Phi) is 5.70. The second-order valence-corrected chi connectivity index (χ2v) is 8.13. The fourth-order valence-corrected chi connectivity index (χ4v) is 4.48. The highest BCUT2D eigenvalue weighted by Crippen LogP contribution is 2.34. The SMILES string of the molecule is C#CCOc1ccccc1C1CCN(Cc2nc3c(Br)cccc3n2C)CC1. The van der Waals surface area contributed by atoms with Crippen LogP contribution >= 0.6 is 15.9 Å². The molecule has 0 amide bonds. The van der Waals surface area contributed by atoms with E-state index in [9.17, 15) is 0 Å². The van der Waals surface area contributed by atoms with Crippen LogP contribution in [-0.4, -0.2) is 34.1 Å². The van der Waals surface area contributed by atoms with Gasteiger partial charge in [-0.3, -0.25) is 4.90 Å². The van der Waals surface area contributed by atoms with Crippen molar-refractivity contribution < 1.29 is 4.74 Å². The Morgan fingerprint density at radius 3 is 2.71 bits per heavy atom. The molecule has 0 N–H and O–H groups in total. The number of hydrogen-bond acceptors (Lipinski definition) is 3. The Hall–Kier alpha value is -2.29. The topological polar surface area (TPSA) is 30.3 Å². The zero-order chi connectivity index (χ0) is 19.5. The predicted molar refractivity (Wildman–Crippen MR) is 116 cm³/mol. The minimum Gasteiger partial charge on any atom is -0.481 e. The van der Waals surface area contributed by atoms with Gasteiger partial charge in [-0.1, -0.05) is 30.2 Å². The second kappa shape index (κ2) is 8.38. The number of imidazole rings is 1. The van der Waals surface area contributed by atoms with Crippen LogP contribution in [0.15, 0.2) is 46.9 Å². The van der Waals surface area contributed by atoms with Crippen LogP contribution in [0, 0.1) is 12.3 Å². The first-order chi connectivity index (χ1) is 13.7. The van der Waals surface area contributed by atoms with E-state index < -0.39 is 0 Å². The van der Waals surface area contributed by atoms with Gasteiger partial charge in [0, 0.05) is 11.5 Å². The summed E-state index contributed by atoms with van der Waals surface area (Å²) in [4.78, 5) is 7.36. The van der Waals surface area contributed by atoms with Crippen LogP contribution in [0.4, 0.5) is 0 Å². The van der Waals surface area contributed by atoms with Gasteiger partial charge >= 0.3 is 0 Å². The van der Waals surface area contributed by atoms with Gasteiger partial charge in [-0.05, 0) is 71.5 Å². The molecule has 0 bridgehead atoms. The summed E-state index contributed by atoms with van der Waals surface area (Å²) in [5.41, 5.74) is 3.48. The van der Waals surface area contributed by atoms with Gasteiger partial charge in [0.2, 0.25) is 0 Å². The number of terminal acetylenes is 1. The van der Waals surface area contributed by atoms with E-state index in [2.05, 4.69) is 62.6 Å². The molecule has 28 heavy (non-hydrogen) atoms. The summed E-state index contributed by atoms with van der Waals surface area (Å²) < 4.78 is 9.01. The number of para-hydroxylation sites is 2.